The second-order valence-electron chi connectivity index (χ2n) is 7.42. The zero-order valence-electron chi connectivity index (χ0n) is 13.5. The van der Waals surface area contributed by atoms with Crippen molar-refractivity contribution in [1.29, 1.82) is 0 Å². The average molecular weight is 306 g/mol. The zero-order valence-corrected chi connectivity index (χ0v) is 14.4. The van der Waals surface area contributed by atoms with Crippen LogP contribution in [0.5, 0.6) is 0 Å². The van der Waals surface area contributed by atoms with Gasteiger partial charge in [-0.1, -0.05) is 52.9 Å². The van der Waals surface area contributed by atoms with E-state index in [-0.39, 0.29) is 7.92 Å². The smallest absolute Gasteiger partial charge is 0.124 e. The van der Waals surface area contributed by atoms with E-state index in [1.54, 1.807) is 0 Å². The van der Waals surface area contributed by atoms with Crippen LogP contribution in [0.3, 0.4) is 0 Å². The summed E-state index contributed by atoms with van der Waals surface area (Å²) in [6.07, 6.45) is 19.5. The van der Waals surface area contributed by atoms with E-state index < -0.39 is 0 Å². The Labute approximate surface area is 131 Å². The van der Waals surface area contributed by atoms with Gasteiger partial charge < -0.3 is 0 Å². The lowest BCUT2D eigenvalue weighted by atomic mass is 9.95. The molecule has 0 radical (unpaired) electrons. The topological polar surface area (TPSA) is 17.1 Å². The molecule has 3 rings (SSSR count). The first kappa shape index (κ1) is 15.8. The minimum absolute atomic E-state index is 0.0402. The molecule has 3 fully saturated rings. The predicted molar refractivity (Wildman–Crippen MR) is 92.1 cm³/mol. The van der Waals surface area contributed by atoms with Gasteiger partial charge in [0.05, 0.1) is 0 Å². The van der Waals surface area contributed by atoms with Crippen molar-refractivity contribution in [2.75, 3.05) is 0 Å². The third kappa shape index (κ3) is 3.80. The standard InChI is InChI=1S/C19H31OP/c20-15-16-9-7-8-14-19(16)21(17-10-3-1-4-11-17)18-12-5-2-6-13-18/h17-19H,1-14H2. The van der Waals surface area contributed by atoms with Crippen molar-refractivity contribution in [3.8, 4) is 0 Å². The Morgan fingerprint density at radius 3 is 1.76 bits per heavy atom. The molecule has 0 aromatic heterocycles. The van der Waals surface area contributed by atoms with Crippen LogP contribution in [0.15, 0.2) is 5.57 Å². The summed E-state index contributed by atoms with van der Waals surface area (Å²) in [7, 11) is 0.0402. The van der Waals surface area contributed by atoms with Crippen molar-refractivity contribution >= 4 is 13.9 Å². The first-order chi connectivity index (χ1) is 10.4. The van der Waals surface area contributed by atoms with Crippen LogP contribution in [-0.4, -0.2) is 22.9 Å². The Kier molecular flexibility index (Phi) is 5.96. The van der Waals surface area contributed by atoms with Crippen molar-refractivity contribution in [3.05, 3.63) is 5.57 Å². The molecule has 3 aliphatic rings. The fourth-order valence-corrected chi connectivity index (χ4v) is 9.57. The molecule has 0 bridgehead atoms. The van der Waals surface area contributed by atoms with Crippen molar-refractivity contribution in [2.24, 2.45) is 0 Å². The quantitative estimate of drug-likeness (QED) is 0.473. The van der Waals surface area contributed by atoms with Gasteiger partial charge >= 0.3 is 0 Å². The second-order valence-corrected chi connectivity index (χ2v) is 10.4. The average Bonchev–Trinajstić information content (AvgIpc) is 2.58. The van der Waals surface area contributed by atoms with E-state index in [1.165, 1.54) is 89.0 Å². The number of rotatable bonds is 3. The van der Waals surface area contributed by atoms with Gasteiger partial charge in [0.15, 0.2) is 0 Å². The largest absolute Gasteiger partial charge is 0.234 e. The maximum atomic E-state index is 11.5. The highest BCUT2D eigenvalue weighted by molar-refractivity contribution is 7.60. The van der Waals surface area contributed by atoms with Gasteiger partial charge in [-0.2, -0.15) is 0 Å². The highest BCUT2D eigenvalue weighted by Crippen LogP contribution is 2.62. The molecule has 0 aromatic rings. The lowest BCUT2D eigenvalue weighted by molar-refractivity contribution is 0.476. The van der Waals surface area contributed by atoms with Crippen LogP contribution in [0.4, 0.5) is 0 Å². The lowest BCUT2D eigenvalue weighted by Crippen LogP contribution is -2.29. The summed E-state index contributed by atoms with van der Waals surface area (Å²) in [4.78, 5) is 11.5. The van der Waals surface area contributed by atoms with Gasteiger partial charge in [-0.15, -0.1) is 0 Å². The van der Waals surface area contributed by atoms with Crippen LogP contribution in [0, 0.1) is 0 Å². The molecule has 0 aromatic carbocycles. The molecule has 1 nitrogen and oxygen atoms in total. The fourth-order valence-electron chi connectivity index (χ4n) is 5.01. The minimum atomic E-state index is 0.0402. The van der Waals surface area contributed by atoms with Crippen molar-refractivity contribution in [2.45, 2.75) is 107 Å². The molecule has 0 spiro atoms. The maximum absolute atomic E-state index is 11.5. The van der Waals surface area contributed by atoms with Crippen molar-refractivity contribution in [1.82, 2.24) is 0 Å². The van der Waals surface area contributed by atoms with Crippen LogP contribution in [-0.2, 0) is 4.79 Å². The molecule has 0 N–H and O–H groups in total. The van der Waals surface area contributed by atoms with Gasteiger partial charge in [0.2, 0.25) is 0 Å². The lowest BCUT2D eigenvalue weighted by Gasteiger charge is -2.44. The van der Waals surface area contributed by atoms with E-state index in [2.05, 4.69) is 5.94 Å². The maximum Gasteiger partial charge on any atom is 0.124 e. The molecular weight excluding hydrogens is 275 g/mol. The first-order valence-electron chi connectivity index (χ1n) is 9.41. The van der Waals surface area contributed by atoms with E-state index in [9.17, 15) is 4.79 Å². The Hall–Kier alpha value is -0.120. The molecule has 0 amide bonds. The number of hydrogen-bond acceptors (Lipinski definition) is 1. The molecule has 1 atom stereocenters. The van der Waals surface area contributed by atoms with Gasteiger partial charge in [0.1, 0.15) is 5.94 Å². The van der Waals surface area contributed by atoms with Gasteiger partial charge in [-0.25, -0.2) is 4.79 Å². The Morgan fingerprint density at radius 1 is 0.714 bits per heavy atom. The highest BCUT2D eigenvalue weighted by atomic mass is 31.1. The van der Waals surface area contributed by atoms with E-state index in [4.69, 9.17) is 0 Å². The molecule has 3 aliphatic carbocycles. The molecule has 0 aliphatic heterocycles. The molecule has 0 saturated heterocycles. The van der Waals surface area contributed by atoms with Crippen LogP contribution >= 0.6 is 7.92 Å². The molecule has 118 valence electrons. The second kappa shape index (κ2) is 7.94. The summed E-state index contributed by atoms with van der Waals surface area (Å²) in [6.45, 7) is 0. The summed E-state index contributed by atoms with van der Waals surface area (Å²) in [5.74, 6) is 2.40. The van der Waals surface area contributed by atoms with Gasteiger partial charge in [-0.05, 0) is 56.3 Å². The Balaban J connectivity index is 1.80. The summed E-state index contributed by atoms with van der Waals surface area (Å²) in [5.41, 5.74) is 3.81. The van der Waals surface area contributed by atoms with Gasteiger partial charge in [0, 0.05) is 11.2 Å². The van der Waals surface area contributed by atoms with E-state index >= 15 is 0 Å². The predicted octanol–water partition coefficient (Wildman–Crippen LogP) is 5.83. The fraction of sp³-hybridized carbons (Fsp3) is 0.895. The highest BCUT2D eigenvalue weighted by Gasteiger charge is 2.38. The Bertz CT molecular complexity index is 355. The Morgan fingerprint density at radius 2 is 1.24 bits per heavy atom. The van der Waals surface area contributed by atoms with E-state index in [0.717, 1.165) is 17.7 Å². The monoisotopic (exact) mass is 306 g/mol. The normalized spacial score (nSPS) is 29.6. The summed E-state index contributed by atoms with van der Waals surface area (Å²) >= 11 is 0. The molecule has 3 saturated carbocycles. The van der Waals surface area contributed by atoms with Gasteiger partial charge in [-0.3, -0.25) is 0 Å². The van der Waals surface area contributed by atoms with Gasteiger partial charge in [0.25, 0.3) is 0 Å². The number of carbonyl (C=O) groups excluding carboxylic acids is 1. The first-order valence-corrected chi connectivity index (χ1v) is 11.0. The van der Waals surface area contributed by atoms with Crippen LogP contribution < -0.4 is 0 Å². The number of hydrogen-bond donors (Lipinski definition) is 0. The molecule has 0 heterocycles. The van der Waals surface area contributed by atoms with Crippen LogP contribution in [0.25, 0.3) is 0 Å². The SMILES string of the molecule is O=C=C1CCCCC1P(C1CCCCC1)C1CCCCC1. The minimum Gasteiger partial charge on any atom is -0.234 e. The van der Waals surface area contributed by atoms with Crippen LogP contribution in [0.2, 0.25) is 0 Å². The van der Waals surface area contributed by atoms with E-state index in [1.807, 2.05) is 0 Å². The third-order valence-corrected chi connectivity index (χ3v) is 10.1. The van der Waals surface area contributed by atoms with Crippen molar-refractivity contribution < 1.29 is 4.79 Å². The molecule has 21 heavy (non-hydrogen) atoms. The summed E-state index contributed by atoms with van der Waals surface area (Å²) in [5, 5.41) is 0. The third-order valence-electron chi connectivity index (χ3n) is 6.06. The molecule has 2 heteroatoms. The summed E-state index contributed by atoms with van der Waals surface area (Å²) < 4.78 is 0. The number of allylic oxidation sites excluding steroid dienone is 1. The molecule has 1 unspecified atom stereocenters. The summed E-state index contributed by atoms with van der Waals surface area (Å²) in [6, 6.07) is 0. The van der Waals surface area contributed by atoms with Crippen molar-refractivity contribution in [3.63, 3.8) is 0 Å². The van der Waals surface area contributed by atoms with Crippen LogP contribution in [0.1, 0.15) is 89.9 Å². The zero-order chi connectivity index (χ0) is 14.5. The van der Waals surface area contributed by atoms with E-state index in [0.29, 0.717) is 5.66 Å². The molecular formula is C19H31OP.